The van der Waals surface area contributed by atoms with Crippen molar-refractivity contribution in [2.75, 3.05) is 11.9 Å². The number of thioether (sulfide) groups is 1. The molecule has 7 nitrogen and oxygen atoms in total. The summed E-state index contributed by atoms with van der Waals surface area (Å²) in [6, 6.07) is 11.1. The number of aromatic nitrogens is 2. The molecule has 29 heavy (non-hydrogen) atoms. The first-order chi connectivity index (χ1) is 14.0. The highest BCUT2D eigenvalue weighted by molar-refractivity contribution is 8.26. The van der Waals surface area contributed by atoms with Gasteiger partial charge in [0.15, 0.2) is 5.52 Å². The molecule has 2 aromatic carbocycles. The summed E-state index contributed by atoms with van der Waals surface area (Å²) in [6.07, 6.45) is 1.63. The molecule has 0 bridgehead atoms. The third kappa shape index (κ3) is 4.17. The number of fused-ring (bicyclic) bond motifs is 1. The third-order valence-corrected chi connectivity index (χ3v) is 5.52. The normalized spacial score (nSPS) is 15.5. The molecule has 4 rings (SSSR count). The predicted molar refractivity (Wildman–Crippen MR) is 111 cm³/mol. The van der Waals surface area contributed by atoms with Crippen molar-refractivity contribution in [3.05, 3.63) is 58.8 Å². The summed E-state index contributed by atoms with van der Waals surface area (Å²) in [5.74, 6) is -0.994. The monoisotopic (exact) mass is 428 g/mol. The molecular weight excluding hydrogens is 415 g/mol. The summed E-state index contributed by atoms with van der Waals surface area (Å²) < 4.78 is 18.4. The molecule has 0 aliphatic carbocycles. The maximum atomic E-state index is 13.3. The second kappa shape index (κ2) is 8.10. The van der Waals surface area contributed by atoms with Crippen LogP contribution in [0.3, 0.4) is 0 Å². The van der Waals surface area contributed by atoms with Crippen LogP contribution in [0.1, 0.15) is 12.0 Å². The smallest absolute Gasteiger partial charge is 0.266 e. The summed E-state index contributed by atoms with van der Waals surface area (Å²) in [6.45, 7) is 0.129. The van der Waals surface area contributed by atoms with E-state index in [0.29, 0.717) is 31.5 Å². The van der Waals surface area contributed by atoms with Crippen LogP contribution in [0.5, 0.6) is 0 Å². The summed E-state index contributed by atoms with van der Waals surface area (Å²) in [4.78, 5) is 26.7. The summed E-state index contributed by atoms with van der Waals surface area (Å²) in [5, 5.41) is 10.2. The predicted octanol–water partition coefficient (Wildman–Crippen LogP) is 3.59. The van der Waals surface area contributed by atoms with Gasteiger partial charge < -0.3 is 5.32 Å². The second-order valence-electron chi connectivity index (χ2n) is 6.12. The van der Waals surface area contributed by atoms with E-state index in [4.69, 9.17) is 12.2 Å². The molecule has 0 atom stereocenters. The van der Waals surface area contributed by atoms with Crippen LogP contribution in [0.15, 0.2) is 52.0 Å². The van der Waals surface area contributed by atoms with E-state index in [1.54, 1.807) is 36.4 Å². The Bertz CT molecular complexity index is 1160. The van der Waals surface area contributed by atoms with Gasteiger partial charge in [0.05, 0.1) is 10.6 Å². The zero-order valence-corrected chi connectivity index (χ0v) is 16.4. The molecule has 1 N–H and O–H groups in total. The van der Waals surface area contributed by atoms with E-state index < -0.39 is 0 Å². The first-order valence-electron chi connectivity index (χ1n) is 8.53. The van der Waals surface area contributed by atoms with Crippen molar-refractivity contribution >= 4 is 62.9 Å². The fraction of sp³-hybridized carbons (Fsp3) is 0.105. The van der Waals surface area contributed by atoms with Gasteiger partial charge in [-0.1, -0.05) is 42.2 Å². The van der Waals surface area contributed by atoms with Gasteiger partial charge >= 0.3 is 0 Å². The average Bonchev–Trinajstić information content (AvgIpc) is 3.26. The molecule has 0 unspecified atom stereocenters. The van der Waals surface area contributed by atoms with Gasteiger partial charge in [0.25, 0.3) is 5.91 Å². The van der Waals surface area contributed by atoms with E-state index in [2.05, 4.69) is 20.3 Å². The number of carbonyl (C=O) groups excluding carboxylic acids is 2. The van der Waals surface area contributed by atoms with Crippen molar-refractivity contribution < 1.29 is 18.6 Å². The molecule has 2 heterocycles. The van der Waals surface area contributed by atoms with Gasteiger partial charge in [-0.25, -0.2) is 9.02 Å². The summed E-state index contributed by atoms with van der Waals surface area (Å²) in [5.41, 5.74) is 2.02. The van der Waals surface area contributed by atoms with Crippen molar-refractivity contribution in [2.45, 2.75) is 6.42 Å². The number of halogens is 1. The number of rotatable bonds is 5. The van der Waals surface area contributed by atoms with Crippen LogP contribution in [0, 0.1) is 5.82 Å². The Kier molecular flexibility index (Phi) is 5.36. The zero-order valence-electron chi connectivity index (χ0n) is 14.8. The lowest BCUT2D eigenvalue weighted by Crippen LogP contribution is -2.31. The number of anilines is 1. The lowest BCUT2D eigenvalue weighted by atomic mass is 10.2. The molecular formula is C19H13FN4O3S2. The Labute approximate surface area is 173 Å². The Morgan fingerprint density at radius 2 is 2.10 bits per heavy atom. The average molecular weight is 428 g/mol. The van der Waals surface area contributed by atoms with Crippen LogP contribution in [-0.4, -0.2) is 37.9 Å². The maximum absolute atomic E-state index is 13.3. The summed E-state index contributed by atoms with van der Waals surface area (Å²) in [7, 11) is 0. The number of hydrogen-bond donors (Lipinski definition) is 1. The first kappa shape index (κ1) is 19.2. The van der Waals surface area contributed by atoms with Crippen LogP contribution in [0.4, 0.5) is 10.1 Å². The molecule has 1 saturated heterocycles. The number of hydrogen-bond acceptors (Lipinski definition) is 7. The van der Waals surface area contributed by atoms with Gasteiger partial charge in [-0.2, -0.15) is 0 Å². The molecule has 0 spiro atoms. The molecule has 0 radical (unpaired) electrons. The Morgan fingerprint density at radius 1 is 1.28 bits per heavy atom. The quantitative estimate of drug-likeness (QED) is 0.491. The van der Waals surface area contributed by atoms with E-state index in [1.807, 2.05) is 0 Å². The van der Waals surface area contributed by atoms with Crippen molar-refractivity contribution in [3.63, 3.8) is 0 Å². The fourth-order valence-corrected chi connectivity index (χ4v) is 4.08. The number of amides is 2. The topological polar surface area (TPSA) is 88.3 Å². The van der Waals surface area contributed by atoms with Crippen LogP contribution >= 0.6 is 24.0 Å². The minimum atomic E-state index is -0.386. The van der Waals surface area contributed by atoms with Gasteiger partial charge in [0, 0.05) is 13.0 Å². The third-order valence-electron chi connectivity index (χ3n) is 4.14. The second-order valence-corrected chi connectivity index (χ2v) is 7.80. The number of thiocarbonyl (C=S) groups is 1. The number of benzene rings is 2. The lowest BCUT2D eigenvalue weighted by Gasteiger charge is -2.14. The highest BCUT2D eigenvalue weighted by Crippen LogP contribution is 2.32. The molecule has 3 aromatic rings. The van der Waals surface area contributed by atoms with Crippen molar-refractivity contribution in [1.29, 1.82) is 0 Å². The van der Waals surface area contributed by atoms with E-state index in [9.17, 15) is 14.0 Å². The molecule has 10 heteroatoms. The molecule has 1 fully saturated rings. The molecule has 146 valence electrons. The van der Waals surface area contributed by atoms with Gasteiger partial charge in [-0.3, -0.25) is 14.5 Å². The first-order valence-corrected chi connectivity index (χ1v) is 9.76. The fourth-order valence-electron chi connectivity index (χ4n) is 2.77. The lowest BCUT2D eigenvalue weighted by molar-refractivity contribution is -0.122. The molecule has 1 aliphatic rings. The van der Waals surface area contributed by atoms with Crippen molar-refractivity contribution in [2.24, 2.45) is 0 Å². The van der Waals surface area contributed by atoms with Crippen LogP contribution < -0.4 is 5.32 Å². The Hall–Kier alpha value is -3.11. The largest absolute Gasteiger partial charge is 0.324 e. The minimum absolute atomic E-state index is 0.0430. The number of nitrogens with zero attached hydrogens (tertiary/aromatic N) is 3. The number of nitrogens with one attached hydrogen (secondary N) is 1. The van der Waals surface area contributed by atoms with Crippen LogP contribution in [0.25, 0.3) is 17.1 Å². The zero-order chi connectivity index (χ0) is 20.4. The van der Waals surface area contributed by atoms with E-state index >= 15 is 0 Å². The highest BCUT2D eigenvalue weighted by Gasteiger charge is 2.32. The van der Waals surface area contributed by atoms with E-state index in [1.165, 1.54) is 17.0 Å². The molecule has 2 amide bonds. The molecule has 1 aliphatic heterocycles. The SMILES string of the molecule is O=C(CCN1C(=O)C(=Cc2cccc(F)c2)SC1=S)Nc1cccc2nonc12. The standard InChI is InChI=1S/C19H13FN4O3S2/c20-12-4-1-3-11(9-12)10-15-18(26)24(19(28)29-15)8-7-16(25)21-13-5-2-6-14-17(13)23-27-22-14/h1-6,9-10H,7-8H2,(H,21,25). The van der Waals surface area contributed by atoms with Gasteiger partial charge in [0.1, 0.15) is 15.7 Å². The van der Waals surface area contributed by atoms with E-state index in [-0.39, 0.29) is 30.6 Å². The van der Waals surface area contributed by atoms with Gasteiger partial charge in [0.2, 0.25) is 5.91 Å². The molecule has 1 aromatic heterocycles. The van der Waals surface area contributed by atoms with Crippen molar-refractivity contribution in [3.8, 4) is 0 Å². The Morgan fingerprint density at radius 3 is 2.93 bits per heavy atom. The van der Waals surface area contributed by atoms with Gasteiger partial charge in [-0.05, 0) is 46.2 Å². The molecule has 0 saturated carbocycles. The minimum Gasteiger partial charge on any atom is -0.324 e. The van der Waals surface area contributed by atoms with Crippen LogP contribution in [-0.2, 0) is 9.59 Å². The summed E-state index contributed by atoms with van der Waals surface area (Å²) >= 11 is 6.39. The Balaban J connectivity index is 1.40. The maximum Gasteiger partial charge on any atom is 0.266 e. The van der Waals surface area contributed by atoms with Crippen molar-refractivity contribution in [1.82, 2.24) is 15.2 Å². The van der Waals surface area contributed by atoms with Gasteiger partial charge in [-0.15, -0.1) is 0 Å². The highest BCUT2D eigenvalue weighted by atomic mass is 32.2. The van der Waals surface area contributed by atoms with Crippen LogP contribution in [0.2, 0.25) is 0 Å². The van der Waals surface area contributed by atoms with E-state index in [0.717, 1.165) is 11.8 Å². The number of carbonyl (C=O) groups is 2.